The number of rotatable bonds is 8. The van der Waals surface area contributed by atoms with Gasteiger partial charge in [0.25, 0.3) is 0 Å². The van der Waals surface area contributed by atoms with E-state index in [9.17, 15) is 0 Å². The molecule has 1 aliphatic rings. The molecule has 1 atom stereocenters. The van der Waals surface area contributed by atoms with Crippen molar-refractivity contribution >= 4 is 28.2 Å². The van der Waals surface area contributed by atoms with Crippen LogP contribution in [0.15, 0.2) is 67.4 Å². The Bertz CT molecular complexity index is 1210. The second-order valence-corrected chi connectivity index (χ2v) is 10.1. The summed E-state index contributed by atoms with van der Waals surface area (Å²) in [5.74, 6) is 0. The van der Waals surface area contributed by atoms with Crippen LogP contribution in [0.4, 0.5) is 0 Å². The average Bonchev–Trinajstić information content (AvgIpc) is 2.87. The van der Waals surface area contributed by atoms with Crippen LogP contribution in [0.2, 0.25) is 5.02 Å². The van der Waals surface area contributed by atoms with E-state index < -0.39 is 0 Å². The summed E-state index contributed by atoms with van der Waals surface area (Å²) in [5.41, 5.74) is 7.51. The van der Waals surface area contributed by atoms with Gasteiger partial charge in [-0.1, -0.05) is 74.5 Å². The van der Waals surface area contributed by atoms with Crippen molar-refractivity contribution in [3.05, 3.63) is 83.5 Å². The lowest BCUT2D eigenvalue weighted by Crippen LogP contribution is -2.44. The van der Waals surface area contributed by atoms with Crippen molar-refractivity contribution in [1.29, 1.82) is 0 Å². The Morgan fingerprint density at radius 2 is 1.66 bits per heavy atom. The number of halogens is 1. The molecular formula is C30H37ClN4. The topological polar surface area (TPSA) is 22.6 Å². The zero-order valence-corrected chi connectivity index (χ0v) is 22.3. The predicted molar refractivity (Wildman–Crippen MR) is 151 cm³/mol. The van der Waals surface area contributed by atoms with Crippen LogP contribution in [0.3, 0.4) is 0 Å². The second-order valence-electron chi connectivity index (χ2n) is 9.72. The van der Waals surface area contributed by atoms with Gasteiger partial charge in [0.15, 0.2) is 0 Å². The summed E-state index contributed by atoms with van der Waals surface area (Å²) >= 11 is 6.69. The van der Waals surface area contributed by atoms with Crippen molar-refractivity contribution in [1.82, 2.24) is 19.7 Å². The Morgan fingerprint density at radius 1 is 1.00 bits per heavy atom. The molecule has 1 aliphatic heterocycles. The third-order valence-electron chi connectivity index (χ3n) is 7.20. The van der Waals surface area contributed by atoms with Crippen molar-refractivity contribution in [3.63, 3.8) is 0 Å². The SMILES string of the molecule is C=C(CCC)N1CCN(C(=C)c2ccc3c(Cl)cc(-c4ccc(C(C)N(C)C)cc4)nc3c2)CC1. The van der Waals surface area contributed by atoms with Crippen molar-refractivity contribution in [2.45, 2.75) is 32.7 Å². The molecule has 5 heteroatoms. The zero-order chi connectivity index (χ0) is 25.1. The summed E-state index contributed by atoms with van der Waals surface area (Å²) in [5, 5.41) is 1.68. The fourth-order valence-corrected chi connectivity index (χ4v) is 4.93. The number of allylic oxidation sites excluding steroid dienone is 1. The van der Waals surface area contributed by atoms with Gasteiger partial charge in [0, 0.05) is 54.6 Å². The molecule has 0 aliphatic carbocycles. The van der Waals surface area contributed by atoms with E-state index in [1.165, 1.54) is 11.3 Å². The van der Waals surface area contributed by atoms with Gasteiger partial charge < -0.3 is 14.7 Å². The van der Waals surface area contributed by atoms with E-state index in [0.717, 1.165) is 77.5 Å². The molecule has 0 amide bonds. The standard InChI is InChI=1S/C30H37ClN4/c1-7-8-21(2)34-15-17-35(18-16-34)23(4)26-13-14-27-28(31)20-29(32-30(27)19-26)25-11-9-24(10-12-25)22(3)33(5)6/h9-14,19-20,22H,2,4,7-8,15-18H2,1,3,5-6H3. The van der Waals surface area contributed by atoms with Crippen LogP contribution in [0.25, 0.3) is 27.9 Å². The van der Waals surface area contributed by atoms with E-state index >= 15 is 0 Å². The number of nitrogens with zero attached hydrogens (tertiary/aromatic N) is 4. The molecule has 2 heterocycles. The number of piperazine rings is 1. The molecule has 0 saturated carbocycles. The summed E-state index contributed by atoms with van der Waals surface area (Å²) in [4.78, 5) is 12.0. The minimum absolute atomic E-state index is 0.359. The molecule has 1 unspecified atom stereocenters. The van der Waals surface area contributed by atoms with Gasteiger partial charge in [-0.2, -0.15) is 0 Å². The highest BCUT2D eigenvalue weighted by Gasteiger charge is 2.20. The number of hydrogen-bond acceptors (Lipinski definition) is 4. The van der Waals surface area contributed by atoms with Crippen LogP contribution >= 0.6 is 11.6 Å². The van der Waals surface area contributed by atoms with Crippen LogP contribution < -0.4 is 0 Å². The molecule has 2 aromatic carbocycles. The lowest BCUT2D eigenvalue weighted by atomic mass is 10.0. The molecule has 0 bridgehead atoms. The number of aromatic nitrogens is 1. The van der Waals surface area contributed by atoms with Gasteiger partial charge in [-0.25, -0.2) is 4.98 Å². The highest BCUT2D eigenvalue weighted by atomic mass is 35.5. The Hall–Kier alpha value is -2.82. The van der Waals surface area contributed by atoms with Crippen molar-refractivity contribution < 1.29 is 0 Å². The summed E-state index contributed by atoms with van der Waals surface area (Å²) in [7, 11) is 4.19. The lowest BCUT2D eigenvalue weighted by molar-refractivity contribution is 0.209. The first-order chi connectivity index (χ1) is 16.8. The molecule has 4 nitrogen and oxygen atoms in total. The van der Waals surface area contributed by atoms with E-state index in [4.69, 9.17) is 16.6 Å². The lowest BCUT2D eigenvalue weighted by Gasteiger charge is -2.39. The molecule has 1 fully saturated rings. The van der Waals surface area contributed by atoms with Gasteiger partial charge in [0.05, 0.1) is 16.2 Å². The van der Waals surface area contributed by atoms with Gasteiger partial charge in [-0.3, -0.25) is 0 Å². The Balaban J connectivity index is 1.55. The zero-order valence-electron chi connectivity index (χ0n) is 21.5. The number of hydrogen-bond donors (Lipinski definition) is 0. The van der Waals surface area contributed by atoms with E-state index in [0.29, 0.717) is 6.04 Å². The van der Waals surface area contributed by atoms with Gasteiger partial charge in [0.1, 0.15) is 0 Å². The van der Waals surface area contributed by atoms with Crippen molar-refractivity contribution in [2.24, 2.45) is 0 Å². The highest BCUT2D eigenvalue weighted by Crippen LogP contribution is 2.31. The van der Waals surface area contributed by atoms with Crippen LogP contribution in [-0.2, 0) is 0 Å². The Labute approximate surface area is 215 Å². The van der Waals surface area contributed by atoms with Gasteiger partial charge in [-0.15, -0.1) is 0 Å². The minimum atomic E-state index is 0.359. The fourth-order valence-electron chi connectivity index (χ4n) is 4.67. The van der Waals surface area contributed by atoms with E-state index in [1.807, 2.05) is 6.07 Å². The van der Waals surface area contributed by atoms with Crippen molar-refractivity contribution in [3.8, 4) is 11.3 Å². The predicted octanol–water partition coefficient (Wildman–Crippen LogP) is 7.08. The van der Waals surface area contributed by atoms with Gasteiger partial charge >= 0.3 is 0 Å². The first kappa shape index (κ1) is 25.3. The van der Waals surface area contributed by atoms with Crippen molar-refractivity contribution in [2.75, 3.05) is 40.3 Å². The average molecular weight is 489 g/mol. The first-order valence-corrected chi connectivity index (χ1v) is 12.9. The van der Waals surface area contributed by atoms with Crippen LogP contribution in [0, 0.1) is 0 Å². The molecule has 35 heavy (non-hydrogen) atoms. The molecule has 184 valence electrons. The monoisotopic (exact) mass is 488 g/mol. The molecule has 0 spiro atoms. The normalized spacial score (nSPS) is 15.0. The Kier molecular flexibility index (Phi) is 7.83. The fraction of sp³-hybridized carbons (Fsp3) is 0.367. The number of benzene rings is 2. The second kappa shape index (κ2) is 10.8. The van der Waals surface area contributed by atoms with E-state index in [2.05, 4.69) is 98.3 Å². The summed E-state index contributed by atoms with van der Waals surface area (Å²) in [6.45, 7) is 17.0. The van der Waals surface area contributed by atoms with Crippen LogP contribution in [0.1, 0.15) is 43.9 Å². The largest absolute Gasteiger partial charge is 0.372 e. The maximum atomic E-state index is 6.69. The van der Waals surface area contributed by atoms with Gasteiger partial charge in [0.2, 0.25) is 0 Å². The third kappa shape index (κ3) is 5.55. The van der Waals surface area contributed by atoms with E-state index in [-0.39, 0.29) is 0 Å². The number of fused-ring (bicyclic) bond motifs is 1. The van der Waals surface area contributed by atoms with Gasteiger partial charge in [-0.05, 0) is 50.7 Å². The van der Waals surface area contributed by atoms with Crippen LogP contribution in [0.5, 0.6) is 0 Å². The summed E-state index contributed by atoms with van der Waals surface area (Å²) in [6.07, 6.45) is 2.21. The quantitative estimate of drug-likeness (QED) is 0.338. The summed E-state index contributed by atoms with van der Waals surface area (Å²) < 4.78 is 0. The molecule has 0 N–H and O–H groups in total. The molecule has 1 aromatic heterocycles. The minimum Gasteiger partial charge on any atom is -0.372 e. The first-order valence-electron chi connectivity index (χ1n) is 12.5. The molecule has 4 rings (SSSR count). The maximum Gasteiger partial charge on any atom is 0.0731 e. The molecular weight excluding hydrogens is 452 g/mol. The highest BCUT2D eigenvalue weighted by molar-refractivity contribution is 6.35. The Morgan fingerprint density at radius 3 is 2.29 bits per heavy atom. The molecule has 3 aromatic rings. The van der Waals surface area contributed by atoms with E-state index in [1.54, 1.807) is 0 Å². The molecule has 0 radical (unpaired) electrons. The summed E-state index contributed by atoms with van der Waals surface area (Å²) in [6, 6.07) is 17.2. The smallest absolute Gasteiger partial charge is 0.0731 e. The number of pyridine rings is 1. The third-order valence-corrected chi connectivity index (χ3v) is 7.52. The maximum absolute atomic E-state index is 6.69. The van der Waals surface area contributed by atoms with Crippen LogP contribution in [-0.4, -0.2) is 60.0 Å². The molecule has 1 saturated heterocycles.